The third kappa shape index (κ3) is 3.06. The molecule has 17 heavy (non-hydrogen) atoms. The highest BCUT2D eigenvalue weighted by Crippen LogP contribution is 2.24. The molecule has 5 nitrogen and oxygen atoms in total. The zero-order valence-electron chi connectivity index (χ0n) is 10.3. The van der Waals surface area contributed by atoms with Crippen molar-refractivity contribution in [3.63, 3.8) is 0 Å². The summed E-state index contributed by atoms with van der Waals surface area (Å²) in [4.78, 5) is 16.0. The fourth-order valence-corrected chi connectivity index (χ4v) is 1.88. The van der Waals surface area contributed by atoms with Crippen LogP contribution < -0.4 is 5.32 Å². The Bertz CT molecular complexity index is 373. The van der Waals surface area contributed by atoms with Crippen molar-refractivity contribution in [2.24, 2.45) is 0 Å². The number of rotatable bonds is 6. The van der Waals surface area contributed by atoms with Crippen LogP contribution in [0.3, 0.4) is 0 Å². The van der Waals surface area contributed by atoms with Crippen LogP contribution in [0, 0.1) is 0 Å². The quantitative estimate of drug-likeness (QED) is 0.749. The van der Waals surface area contributed by atoms with E-state index in [9.17, 15) is 4.79 Å². The summed E-state index contributed by atoms with van der Waals surface area (Å²) in [5.74, 6) is -0.194. The molecule has 1 N–H and O–H groups in total. The highest BCUT2D eigenvalue weighted by molar-refractivity contribution is 5.80. The van der Waals surface area contributed by atoms with Crippen LogP contribution in [-0.2, 0) is 16.1 Å². The minimum atomic E-state index is -0.669. The molecule has 1 unspecified atom stereocenters. The lowest BCUT2D eigenvalue weighted by Crippen LogP contribution is -2.54. The van der Waals surface area contributed by atoms with E-state index in [2.05, 4.69) is 10.3 Å². The molecule has 94 valence electrons. The molecule has 1 heterocycles. The number of hydrogen-bond acceptors (Lipinski definition) is 4. The number of esters is 1. The molecule has 5 heteroatoms. The van der Waals surface area contributed by atoms with Gasteiger partial charge in [-0.25, -0.2) is 9.78 Å². The Morgan fingerprint density at radius 2 is 2.41 bits per heavy atom. The first-order chi connectivity index (χ1) is 8.14. The normalized spacial score (nSPS) is 18.7. The number of hydrogen-bond donors (Lipinski definition) is 1. The van der Waals surface area contributed by atoms with Gasteiger partial charge >= 0.3 is 5.97 Å². The van der Waals surface area contributed by atoms with Crippen LogP contribution in [0.2, 0.25) is 0 Å². The highest BCUT2D eigenvalue weighted by atomic mass is 16.5. The zero-order valence-corrected chi connectivity index (χ0v) is 10.3. The molecular weight excluding hydrogens is 218 g/mol. The molecule has 1 aliphatic carbocycles. The van der Waals surface area contributed by atoms with Crippen LogP contribution in [0.5, 0.6) is 0 Å². The molecule has 0 bridgehead atoms. The Morgan fingerprint density at radius 3 is 2.94 bits per heavy atom. The number of nitrogens with zero attached hydrogens (tertiary/aromatic N) is 2. The van der Waals surface area contributed by atoms with Crippen molar-refractivity contribution in [1.82, 2.24) is 14.9 Å². The number of ether oxygens (including phenoxy) is 1. The highest BCUT2D eigenvalue weighted by Gasteiger charge is 2.39. The van der Waals surface area contributed by atoms with Crippen molar-refractivity contribution >= 4 is 5.97 Å². The van der Waals surface area contributed by atoms with Gasteiger partial charge in [0, 0.05) is 18.4 Å². The maximum absolute atomic E-state index is 12.0. The molecule has 0 aromatic carbocycles. The van der Waals surface area contributed by atoms with Crippen LogP contribution in [0.4, 0.5) is 0 Å². The van der Waals surface area contributed by atoms with Gasteiger partial charge in [-0.05, 0) is 26.7 Å². The third-order valence-corrected chi connectivity index (χ3v) is 2.88. The summed E-state index contributed by atoms with van der Waals surface area (Å²) >= 11 is 0. The van der Waals surface area contributed by atoms with E-state index >= 15 is 0 Å². The Hall–Kier alpha value is -1.36. The molecule has 2 rings (SSSR count). The van der Waals surface area contributed by atoms with Gasteiger partial charge in [0.25, 0.3) is 0 Å². The van der Waals surface area contributed by atoms with Crippen LogP contribution >= 0.6 is 0 Å². The van der Waals surface area contributed by atoms with E-state index in [0.29, 0.717) is 19.2 Å². The maximum Gasteiger partial charge on any atom is 0.327 e. The Balaban J connectivity index is 2.07. The van der Waals surface area contributed by atoms with E-state index in [1.165, 1.54) is 0 Å². The van der Waals surface area contributed by atoms with E-state index in [1.54, 1.807) is 12.5 Å². The van der Waals surface area contributed by atoms with E-state index in [4.69, 9.17) is 4.74 Å². The van der Waals surface area contributed by atoms with Gasteiger partial charge in [-0.1, -0.05) is 0 Å². The van der Waals surface area contributed by atoms with E-state index in [0.717, 1.165) is 12.8 Å². The molecule has 0 spiro atoms. The van der Waals surface area contributed by atoms with E-state index < -0.39 is 5.54 Å². The summed E-state index contributed by atoms with van der Waals surface area (Å²) in [7, 11) is 0. The van der Waals surface area contributed by atoms with Crippen molar-refractivity contribution in [3.05, 3.63) is 18.7 Å². The molecule has 0 amide bonds. The predicted octanol–water partition coefficient (Wildman–Crippen LogP) is 0.957. The van der Waals surface area contributed by atoms with Gasteiger partial charge in [-0.2, -0.15) is 0 Å². The van der Waals surface area contributed by atoms with Gasteiger partial charge in [-0.3, -0.25) is 5.32 Å². The number of aromatic nitrogens is 2. The lowest BCUT2D eigenvalue weighted by Gasteiger charge is -2.28. The topological polar surface area (TPSA) is 56.2 Å². The van der Waals surface area contributed by atoms with Crippen LogP contribution in [0.15, 0.2) is 18.7 Å². The van der Waals surface area contributed by atoms with Gasteiger partial charge in [0.1, 0.15) is 5.54 Å². The summed E-state index contributed by atoms with van der Waals surface area (Å²) in [6, 6.07) is 0.452. The van der Waals surface area contributed by atoms with Crippen molar-refractivity contribution in [1.29, 1.82) is 0 Å². The minimum Gasteiger partial charge on any atom is -0.465 e. The number of nitrogens with one attached hydrogen (secondary N) is 1. The smallest absolute Gasteiger partial charge is 0.327 e. The SMILES string of the molecule is CCOC(=O)C(C)(Cn1ccnc1)NC1CC1. The second kappa shape index (κ2) is 4.87. The third-order valence-electron chi connectivity index (χ3n) is 2.88. The molecule has 1 aromatic heterocycles. The molecule has 1 atom stereocenters. The molecule has 1 aromatic rings. The molecule has 1 saturated carbocycles. The Kier molecular flexibility index (Phi) is 3.47. The van der Waals surface area contributed by atoms with Crippen molar-refractivity contribution in [2.75, 3.05) is 6.61 Å². The van der Waals surface area contributed by atoms with Crippen LogP contribution in [0.1, 0.15) is 26.7 Å². The van der Waals surface area contributed by atoms with E-state index in [1.807, 2.05) is 24.6 Å². The first-order valence-electron chi connectivity index (χ1n) is 6.05. The fraction of sp³-hybridized carbons (Fsp3) is 0.667. The van der Waals surface area contributed by atoms with Gasteiger partial charge in [0.15, 0.2) is 0 Å². The fourth-order valence-electron chi connectivity index (χ4n) is 1.88. The van der Waals surface area contributed by atoms with Gasteiger partial charge < -0.3 is 9.30 Å². The first kappa shape index (κ1) is 12.1. The van der Waals surface area contributed by atoms with Crippen molar-refractivity contribution < 1.29 is 9.53 Å². The second-order valence-electron chi connectivity index (χ2n) is 4.71. The van der Waals surface area contributed by atoms with Crippen LogP contribution in [0.25, 0.3) is 0 Å². The Labute approximate surface area is 101 Å². The van der Waals surface area contributed by atoms with Gasteiger partial charge in [-0.15, -0.1) is 0 Å². The zero-order chi connectivity index (χ0) is 12.3. The summed E-state index contributed by atoms with van der Waals surface area (Å²) in [6.45, 7) is 4.67. The predicted molar refractivity (Wildman–Crippen MR) is 63.4 cm³/mol. The lowest BCUT2D eigenvalue weighted by molar-refractivity contribution is -0.151. The molecular formula is C12H19N3O2. The molecule has 1 aliphatic rings. The van der Waals surface area contributed by atoms with Gasteiger partial charge in [0.2, 0.25) is 0 Å². The minimum absolute atomic E-state index is 0.194. The maximum atomic E-state index is 12.0. The first-order valence-corrected chi connectivity index (χ1v) is 6.05. The van der Waals surface area contributed by atoms with Crippen molar-refractivity contribution in [3.8, 4) is 0 Å². The molecule has 0 aliphatic heterocycles. The molecule has 1 fully saturated rings. The van der Waals surface area contributed by atoms with E-state index in [-0.39, 0.29) is 5.97 Å². The summed E-state index contributed by atoms with van der Waals surface area (Å²) in [5.41, 5.74) is -0.669. The van der Waals surface area contributed by atoms with Crippen LogP contribution in [-0.4, -0.2) is 33.7 Å². The number of carbonyl (C=O) groups excluding carboxylic acids is 1. The lowest BCUT2D eigenvalue weighted by atomic mass is 10.0. The summed E-state index contributed by atoms with van der Waals surface area (Å²) < 4.78 is 7.04. The summed E-state index contributed by atoms with van der Waals surface area (Å²) in [6.07, 6.45) is 7.55. The monoisotopic (exact) mass is 237 g/mol. The Morgan fingerprint density at radius 1 is 1.65 bits per heavy atom. The average Bonchev–Trinajstić information content (AvgIpc) is 2.93. The van der Waals surface area contributed by atoms with Gasteiger partial charge in [0.05, 0.1) is 19.5 Å². The standard InChI is InChI=1S/C12H19N3O2/c1-3-17-11(16)12(2,14-10-4-5-10)8-15-7-6-13-9-15/h6-7,9-10,14H,3-5,8H2,1-2H3. The largest absolute Gasteiger partial charge is 0.465 e. The average molecular weight is 237 g/mol. The molecule has 0 radical (unpaired) electrons. The summed E-state index contributed by atoms with van der Waals surface area (Å²) in [5, 5.41) is 3.37. The second-order valence-corrected chi connectivity index (χ2v) is 4.71. The number of imidazole rings is 1. The number of carbonyl (C=O) groups is 1. The van der Waals surface area contributed by atoms with Crippen molar-refractivity contribution in [2.45, 2.75) is 44.8 Å². The molecule has 0 saturated heterocycles.